The summed E-state index contributed by atoms with van der Waals surface area (Å²) in [6.07, 6.45) is 0.798. The first-order valence-electron chi connectivity index (χ1n) is 8.80. The van der Waals surface area contributed by atoms with Crippen molar-refractivity contribution in [3.8, 4) is 5.75 Å². The van der Waals surface area contributed by atoms with E-state index >= 15 is 0 Å². The number of hydrogen-bond acceptors (Lipinski definition) is 2. The molecule has 1 aliphatic heterocycles. The van der Waals surface area contributed by atoms with Crippen LogP contribution in [-0.4, -0.2) is 34.6 Å². The van der Waals surface area contributed by atoms with Gasteiger partial charge in [0.1, 0.15) is 23.4 Å². The van der Waals surface area contributed by atoms with E-state index in [0.717, 1.165) is 28.6 Å². The predicted molar refractivity (Wildman–Crippen MR) is 99.0 cm³/mol. The van der Waals surface area contributed by atoms with Gasteiger partial charge in [-0.15, -0.1) is 0 Å². The number of benzene rings is 2. The van der Waals surface area contributed by atoms with Gasteiger partial charge in [-0.2, -0.15) is 0 Å². The van der Waals surface area contributed by atoms with Gasteiger partial charge in [-0.1, -0.05) is 18.2 Å². The van der Waals surface area contributed by atoms with E-state index in [-0.39, 0.29) is 17.8 Å². The lowest BCUT2D eigenvalue weighted by Crippen LogP contribution is -2.32. The van der Waals surface area contributed by atoms with Gasteiger partial charge >= 0.3 is 0 Å². The molecule has 134 valence electrons. The van der Waals surface area contributed by atoms with Crippen LogP contribution in [0.3, 0.4) is 0 Å². The molecule has 4 nitrogen and oxygen atoms in total. The molecule has 2 aromatic carbocycles. The summed E-state index contributed by atoms with van der Waals surface area (Å²) in [7, 11) is 1.86. The topological polar surface area (TPSA) is 34.5 Å². The molecule has 1 aliphatic rings. The third-order valence-electron chi connectivity index (χ3n) is 5.10. The molecule has 0 radical (unpaired) electrons. The zero-order chi connectivity index (χ0) is 18.3. The van der Waals surface area contributed by atoms with Gasteiger partial charge in [-0.05, 0) is 42.8 Å². The van der Waals surface area contributed by atoms with Gasteiger partial charge in [-0.3, -0.25) is 4.79 Å². The summed E-state index contributed by atoms with van der Waals surface area (Å²) in [5.41, 5.74) is 2.30. The summed E-state index contributed by atoms with van der Waals surface area (Å²) in [6.45, 7) is 3.09. The Morgan fingerprint density at radius 1 is 1.19 bits per heavy atom. The van der Waals surface area contributed by atoms with Crippen LogP contribution in [0.4, 0.5) is 4.39 Å². The highest BCUT2D eigenvalue weighted by Crippen LogP contribution is 2.28. The number of halogens is 1. The number of ether oxygens (including phenoxy) is 1. The second kappa shape index (κ2) is 6.48. The molecule has 3 aromatic rings. The number of aryl methyl sites for hydroxylation is 2. The van der Waals surface area contributed by atoms with Gasteiger partial charge < -0.3 is 14.2 Å². The Hall–Kier alpha value is -2.82. The second-order valence-electron chi connectivity index (χ2n) is 6.79. The SMILES string of the molecule is Cc1c(C(=O)N2CC[C@@H](Oc3ccccc3)C2)n(C)c2ccc(F)cc12. The number of para-hydroxylation sites is 1. The van der Waals surface area contributed by atoms with Crippen molar-refractivity contribution < 1.29 is 13.9 Å². The van der Waals surface area contributed by atoms with Crippen LogP contribution in [0.1, 0.15) is 22.5 Å². The molecular formula is C21H21FN2O2. The van der Waals surface area contributed by atoms with Crippen molar-refractivity contribution in [3.05, 3.63) is 65.6 Å². The Kier molecular flexibility index (Phi) is 4.15. The van der Waals surface area contributed by atoms with Crippen molar-refractivity contribution in [2.24, 2.45) is 7.05 Å². The van der Waals surface area contributed by atoms with E-state index in [1.54, 1.807) is 6.07 Å². The smallest absolute Gasteiger partial charge is 0.270 e. The van der Waals surface area contributed by atoms with Crippen LogP contribution in [0.2, 0.25) is 0 Å². The molecule has 26 heavy (non-hydrogen) atoms. The Morgan fingerprint density at radius 2 is 1.96 bits per heavy atom. The quantitative estimate of drug-likeness (QED) is 0.716. The summed E-state index contributed by atoms with van der Waals surface area (Å²) >= 11 is 0. The normalized spacial score (nSPS) is 17.0. The minimum absolute atomic E-state index is 0.00575. The number of hydrogen-bond donors (Lipinski definition) is 0. The number of likely N-dealkylation sites (tertiary alicyclic amines) is 1. The lowest BCUT2D eigenvalue weighted by molar-refractivity contribution is 0.0762. The van der Waals surface area contributed by atoms with Crippen LogP contribution in [0.5, 0.6) is 5.75 Å². The van der Waals surface area contributed by atoms with E-state index in [0.29, 0.717) is 18.8 Å². The van der Waals surface area contributed by atoms with Crippen molar-refractivity contribution in [1.29, 1.82) is 0 Å². The third-order valence-corrected chi connectivity index (χ3v) is 5.10. The summed E-state index contributed by atoms with van der Waals surface area (Å²) in [5, 5.41) is 0.784. The van der Waals surface area contributed by atoms with Crippen molar-refractivity contribution in [2.45, 2.75) is 19.4 Å². The van der Waals surface area contributed by atoms with Crippen molar-refractivity contribution in [2.75, 3.05) is 13.1 Å². The fourth-order valence-electron chi connectivity index (χ4n) is 3.75. The van der Waals surface area contributed by atoms with Crippen LogP contribution in [0, 0.1) is 12.7 Å². The largest absolute Gasteiger partial charge is 0.489 e. The van der Waals surface area contributed by atoms with Crippen LogP contribution in [0.15, 0.2) is 48.5 Å². The van der Waals surface area contributed by atoms with Crippen LogP contribution in [0.25, 0.3) is 10.9 Å². The molecular weight excluding hydrogens is 331 g/mol. The Balaban J connectivity index is 1.56. The number of nitrogens with zero attached hydrogens (tertiary/aromatic N) is 2. The molecule has 0 aliphatic carbocycles. The number of aromatic nitrogens is 1. The van der Waals surface area contributed by atoms with E-state index < -0.39 is 0 Å². The van der Waals surface area contributed by atoms with Crippen molar-refractivity contribution in [3.63, 3.8) is 0 Å². The highest BCUT2D eigenvalue weighted by molar-refractivity contribution is 6.01. The number of fused-ring (bicyclic) bond motifs is 1. The van der Waals surface area contributed by atoms with E-state index in [1.807, 2.05) is 53.8 Å². The van der Waals surface area contributed by atoms with Crippen LogP contribution < -0.4 is 4.74 Å². The molecule has 1 amide bonds. The van der Waals surface area contributed by atoms with Gasteiger partial charge in [0.05, 0.1) is 6.54 Å². The standard InChI is InChI=1S/C21H21FN2O2/c1-14-18-12-15(22)8-9-19(18)23(2)20(14)21(25)24-11-10-17(13-24)26-16-6-4-3-5-7-16/h3-9,12,17H,10-11,13H2,1-2H3/t17-/m1/s1. The average Bonchev–Trinajstić information content (AvgIpc) is 3.19. The van der Waals surface area contributed by atoms with E-state index in [4.69, 9.17) is 4.74 Å². The maximum atomic E-state index is 13.6. The van der Waals surface area contributed by atoms with Gasteiger partial charge in [0.2, 0.25) is 0 Å². The number of carbonyl (C=O) groups is 1. The number of carbonyl (C=O) groups excluding carboxylic acids is 1. The molecule has 0 N–H and O–H groups in total. The molecule has 0 unspecified atom stereocenters. The maximum Gasteiger partial charge on any atom is 0.270 e. The van der Waals surface area contributed by atoms with Gasteiger partial charge in [0.25, 0.3) is 5.91 Å². The van der Waals surface area contributed by atoms with Gasteiger partial charge in [0.15, 0.2) is 0 Å². The molecule has 1 saturated heterocycles. The Morgan fingerprint density at radius 3 is 2.73 bits per heavy atom. The first-order valence-corrected chi connectivity index (χ1v) is 8.80. The fourth-order valence-corrected chi connectivity index (χ4v) is 3.75. The summed E-state index contributed by atoms with van der Waals surface area (Å²) in [4.78, 5) is 14.9. The fraction of sp³-hybridized carbons (Fsp3) is 0.286. The minimum atomic E-state index is -0.289. The molecule has 1 fully saturated rings. The lowest BCUT2D eigenvalue weighted by Gasteiger charge is -2.18. The highest BCUT2D eigenvalue weighted by atomic mass is 19.1. The van der Waals surface area contributed by atoms with Crippen molar-refractivity contribution >= 4 is 16.8 Å². The third kappa shape index (κ3) is 2.83. The zero-order valence-corrected chi connectivity index (χ0v) is 14.9. The zero-order valence-electron chi connectivity index (χ0n) is 14.9. The van der Waals surface area contributed by atoms with Gasteiger partial charge in [-0.25, -0.2) is 4.39 Å². The first-order chi connectivity index (χ1) is 12.5. The second-order valence-corrected chi connectivity index (χ2v) is 6.79. The Labute approximate surface area is 151 Å². The predicted octanol–water partition coefficient (Wildman–Crippen LogP) is 3.92. The molecule has 0 saturated carbocycles. The molecule has 4 rings (SSSR count). The first kappa shape index (κ1) is 16.6. The molecule has 0 spiro atoms. The van der Waals surface area contributed by atoms with Crippen LogP contribution >= 0.6 is 0 Å². The number of amides is 1. The summed E-state index contributed by atoms with van der Waals surface area (Å²) in [5.74, 6) is 0.506. The van der Waals surface area contributed by atoms with E-state index in [2.05, 4.69) is 0 Å². The highest BCUT2D eigenvalue weighted by Gasteiger charge is 2.31. The molecule has 0 bridgehead atoms. The van der Waals surface area contributed by atoms with Crippen molar-refractivity contribution in [1.82, 2.24) is 9.47 Å². The maximum absolute atomic E-state index is 13.6. The lowest BCUT2D eigenvalue weighted by atomic mass is 10.1. The summed E-state index contributed by atoms with van der Waals surface area (Å²) < 4.78 is 21.4. The molecule has 1 aromatic heterocycles. The minimum Gasteiger partial charge on any atom is -0.489 e. The molecule has 2 heterocycles. The van der Waals surface area contributed by atoms with Gasteiger partial charge in [0, 0.05) is 30.9 Å². The molecule has 5 heteroatoms. The average molecular weight is 352 g/mol. The number of rotatable bonds is 3. The molecule has 1 atom stereocenters. The monoisotopic (exact) mass is 352 g/mol. The Bertz CT molecular complexity index is 965. The van der Waals surface area contributed by atoms with Crippen LogP contribution in [-0.2, 0) is 7.05 Å². The van der Waals surface area contributed by atoms with E-state index in [1.165, 1.54) is 12.1 Å². The van der Waals surface area contributed by atoms with E-state index in [9.17, 15) is 9.18 Å². The summed E-state index contributed by atoms with van der Waals surface area (Å²) in [6, 6.07) is 14.3.